The van der Waals surface area contributed by atoms with Crippen LogP contribution in [-0.4, -0.2) is 63.2 Å². The number of aliphatic hydroxyl groups is 2. The van der Waals surface area contributed by atoms with Gasteiger partial charge in [0.2, 0.25) is 5.95 Å². The fourth-order valence-electron chi connectivity index (χ4n) is 2.76. The molecule has 184 valence electrons. The van der Waals surface area contributed by atoms with Crippen molar-refractivity contribution in [2.75, 3.05) is 30.4 Å². The van der Waals surface area contributed by atoms with E-state index in [4.69, 9.17) is 14.6 Å². The van der Waals surface area contributed by atoms with E-state index in [1.54, 1.807) is 31.2 Å². The number of anilines is 4. The third-order valence-electron chi connectivity index (χ3n) is 4.41. The molecule has 3 rings (SSSR count). The molecule has 0 spiro atoms. The van der Waals surface area contributed by atoms with Crippen LogP contribution in [-0.2, 0) is 4.74 Å². The molecule has 0 bridgehead atoms. The van der Waals surface area contributed by atoms with Crippen molar-refractivity contribution in [3.8, 4) is 11.5 Å². The third kappa shape index (κ3) is 7.55. The fraction of sp³-hybridized carbons (Fsp3) is 0.217. The Labute approximate surface area is 200 Å². The van der Waals surface area contributed by atoms with Crippen LogP contribution in [0, 0.1) is 0 Å². The summed E-state index contributed by atoms with van der Waals surface area (Å²) in [6.45, 7) is 1.24. The van der Waals surface area contributed by atoms with E-state index in [1.807, 2.05) is 0 Å². The molecule has 6 N–H and O–H groups in total. The van der Waals surface area contributed by atoms with Gasteiger partial charge in [-0.25, -0.2) is 14.6 Å². The molecule has 0 aliphatic rings. The lowest BCUT2D eigenvalue weighted by Gasteiger charge is -2.13. The molecule has 1 atom stereocenters. The number of phenolic OH excluding ortho intramolecular Hbond substituents is 1. The van der Waals surface area contributed by atoms with E-state index in [9.17, 15) is 19.8 Å². The number of benzene rings is 2. The van der Waals surface area contributed by atoms with E-state index < -0.39 is 24.8 Å². The molecule has 0 saturated carbocycles. The number of ether oxygens (including phenoxy) is 2. The highest BCUT2D eigenvalue weighted by atomic mass is 16.6. The highest BCUT2D eigenvalue weighted by Crippen LogP contribution is 2.25. The van der Waals surface area contributed by atoms with Crippen LogP contribution in [0.2, 0.25) is 0 Å². The van der Waals surface area contributed by atoms with Crippen LogP contribution in [0.5, 0.6) is 11.5 Å². The van der Waals surface area contributed by atoms with Gasteiger partial charge in [-0.15, -0.1) is 0 Å². The fourth-order valence-corrected chi connectivity index (χ4v) is 2.76. The zero-order chi connectivity index (χ0) is 25.2. The number of hydrogen-bond acceptors (Lipinski definition) is 11. The van der Waals surface area contributed by atoms with Crippen molar-refractivity contribution >= 4 is 35.2 Å². The smallest absolute Gasteiger partial charge is 0.412 e. The molecular weight excluding hydrogens is 458 g/mol. The van der Waals surface area contributed by atoms with Gasteiger partial charge in [-0.1, -0.05) is 6.07 Å². The molecule has 0 saturated heterocycles. The second-order valence-corrected chi connectivity index (χ2v) is 7.11. The first-order chi connectivity index (χ1) is 16.9. The Bertz CT molecular complexity index is 1160. The summed E-state index contributed by atoms with van der Waals surface area (Å²) in [5.41, 5.74) is 1.19. The number of esters is 1. The van der Waals surface area contributed by atoms with E-state index >= 15 is 0 Å². The predicted octanol–water partition coefficient (Wildman–Crippen LogP) is 2.29. The van der Waals surface area contributed by atoms with E-state index in [1.165, 1.54) is 30.5 Å². The number of amides is 1. The third-order valence-corrected chi connectivity index (χ3v) is 4.41. The van der Waals surface area contributed by atoms with Crippen LogP contribution < -0.4 is 20.7 Å². The molecule has 1 amide bonds. The first-order valence-electron chi connectivity index (χ1n) is 10.6. The van der Waals surface area contributed by atoms with Crippen molar-refractivity contribution in [2.24, 2.45) is 0 Å². The maximum atomic E-state index is 12.3. The number of aromatic nitrogens is 2. The Morgan fingerprint density at radius 3 is 2.54 bits per heavy atom. The molecule has 12 nitrogen and oxygen atoms in total. The molecule has 1 aromatic heterocycles. The highest BCUT2D eigenvalue weighted by molar-refractivity contribution is 5.95. The number of carbonyl (C=O) groups is 2. The molecular formula is C23H25N5O7. The van der Waals surface area contributed by atoms with Gasteiger partial charge < -0.3 is 40.7 Å². The van der Waals surface area contributed by atoms with Gasteiger partial charge >= 0.3 is 12.1 Å². The average molecular weight is 483 g/mol. The minimum absolute atomic E-state index is 0.0423. The number of carbonyl (C=O) groups excluding carboxylic acids is 2. The van der Waals surface area contributed by atoms with Crippen molar-refractivity contribution < 1.29 is 34.4 Å². The van der Waals surface area contributed by atoms with Crippen LogP contribution >= 0.6 is 0 Å². The molecule has 35 heavy (non-hydrogen) atoms. The number of nitrogens with one attached hydrogen (secondary N) is 3. The van der Waals surface area contributed by atoms with Gasteiger partial charge in [0.05, 0.1) is 19.3 Å². The molecule has 12 heteroatoms. The number of hydrogen-bond donors (Lipinski definition) is 6. The van der Waals surface area contributed by atoms with Crippen molar-refractivity contribution in [3.05, 3.63) is 60.3 Å². The number of aliphatic hydroxyl groups excluding tert-OH is 2. The summed E-state index contributed by atoms with van der Waals surface area (Å²) in [6.07, 6.45) is -0.531. The Morgan fingerprint density at radius 1 is 1.09 bits per heavy atom. The predicted molar refractivity (Wildman–Crippen MR) is 126 cm³/mol. The van der Waals surface area contributed by atoms with Gasteiger partial charge in [0.25, 0.3) is 0 Å². The van der Waals surface area contributed by atoms with Crippen LogP contribution in [0.1, 0.15) is 17.3 Å². The summed E-state index contributed by atoms with van der Waals surface area (Å²) in [7, 11) is 0. The first-order valence-corrected chi connectivity index (χ1v) is 10.6. The summed E-state index contributed by atoms with van der Waals surface area (Å²) in [5.74, 6) is 0.0309. The minimum Gasteiger partial charge on any atom is -0.508 e. The molecule has 0 fully saturated rings. The van der Waals surface area contributed by atoms with E-state index in [0.717, 1.165) is 0 Å². The molecule has 0 aliphatic heterocycles. The van der Waals surface area contributed by atoms with E-state index in [-0.39, 0.29) is 42.0 Å². The Hall–Kier alpha value is -4.42. The van der Waals surface area contributed by atoms with Crippen molar-refractivity contribution in [2.45, 2.75) is 13.0 Å². The summed E-state index contributed by atoms with van der Waals surface area (Å²) in [6, 6.07) is 12.6. The maximum absolute atomic E-state index is 12.3. The summed E-state index contributed by atoms with van der Waals surface area (Å²) in [5, 5.41) is 36.0. The van der Waals surface area contributed by atoms with Crippen molar-refractivity contribution in [3.63, 3.8) is 0 Å². The second kappa shape index (κ2) is 12.2. The minimum atomic E-state index is -1.07. The van der Waals surface area contributed by atoms with Crippen LogP contribution in [0.3, 0.4) is 0 Å². The Morgan fingerprint density at radius 2 is 1.86 bits per heavy atom. The zero-order valence-corrected chi connectivity index (χ0v) is 18.8. The Kier molecular flexibility index (Phi) is 8.76. The monoisotopic (exact) mass is 483 g/mol. The topological polar surface area (TPSA) is 175 Å². The van der Waals surface area contributed by atoms with Gasteiger partial charge in [-0.05, 0) is 43.3 Å². The number of aromatic hydroxyl groups is 1. The molecule has 2 aromatic carbocycles. The summed E-state index contributed by atoms with van der Waals surface area (Å²) in [4.78, 5) is 32.6. The largest absolute Gasteiger partial charge is 0.508 e. The first kappa shape index (κ1) is 25.2. The van der Waals surface area contributed by atoms with Crippen LogP contribution in [0.25, 0.3) is 0 Å². The lowest BCUT2D eigenvalue weighted by atomic mass is 10.2. The van der Waals surface area contributed by atoms with Gasteiger partial charge in [0, 0.05) is 30.2 Å². The quantitative estimate of drug-likeness (QED) is 0.233. The lowest BCUT2D eigenvalue weighted by Crippen LogP contribution is -2.35. The van der Waals surface area contributed by atoms with Crippen LogP contribution in [0.15, 0.2) is 54.7 Å². The van der Waals surface area contributed by atoms with E-state index in [2.05, 4.69) is 25.9 Å². The molecule has 0 aliphatic carbocycles. The van der Waals surface area contributed by atoms with Gasteiger partial charge in [0.15, 0.2) is 5.82 Å². The number of nitrogens with zero attached hydrogens (tertiary/aromatic N) is 2. The van der Waals surface area contributed by atoms with Gasteiger partial charge in [0.1, 0.15) is 17.1 Å². The highest BCUT2D eigenvalue weighted by Gasteiger charge is 2.17. The molecule has 1 heterocycles. The Balaban J connectivity index is 1.72. The lowest BCUT2D eigenvalue weighted by molar-refractivity contribution is 0.0526. The summed E-state index contributed by atoms with van der Waals surface area (Å²) >= 11 is 0. The average Bonchev–Trinajstić information content (AvgIpc) is 2.84. The van der Waals surface area contributed by atoms with Crippen LogP contribution in [0.4, 0.5) is 27.9 Å². The SMILES string of the molecule is CCOC(=O)c1cnc(Nc2ccc(OC(=O)NCC(O)CO)cc2)nc1Nc1cccc(O)c1. The summed E-state index contributed by atoms with van der Waals surface area (Å²) < 4.78 is 10.2. The number of phenols is 1. The number of rotatable bonds is 10. The second-order valence-electron chi connectivity index (χ2n) is 7.11. The van der Waals surface area contributed by atoms with Gasteiger partial charge in [-0.3, -0.25) is 0 Å². The normalized spacial score (nSPS) is 11.3. The maximum Gasteiger partial charge on any atom is 0.412 e. The molecule has 1 unspecified atom stereocenters. The van der Waals surface area contributed by atoms with Crippen molar-refractivity contribution in [1.29, 1.82) is 0 Å². The molecule has 3 aromatic rings. The van der Waals surface area contributed by atoms with E-state index in [0.29, 0.717) is 11.4 Å². The zero-order valence-electron chi connectivity index (χ0n) is 18.8. The molecule has 0 radical (unpaired) electrons. The standard InChI is InChI=1S/C23H25N5O7/c1-2-34-21(32)19-12-24-22(28-20(19)26-15-4-3-5-16(30)10-15)27-14-6-8-18(9-7-14)35-23(33)25-11-17(31)13-29/h3-10,12,17,29-31H,2,11,13H2,1H3,(H,25,33)(H2,24,26,27,28). The van der Waals surface area contributed by atoms with Crippen molar-refractivity contribution in [1.82, 2.24) is 15.3 Å². The van der Waals surface area contributed by atoms with Gasteiger partial charge in [-0.2, -0.15) is 4.98 Å².